The molecule has 2 aromatic heterocycles. The van der Waals surface area contributed by atoms with Crippen LogP contribution in [0, 0.1) is 17.2 Å². The van der Waals surface area contributed by atoms with Crippen molar-refractivity contribution in [2.24, 2.45) is 5.92 Å². The molecule has 12 nitrogen and oxygen atoms in total. The zero-order valence-corrected chi connectivity index (χ0v) is 29.4. The van der Waals surface area contributed by atoms with Gasteiger partial charge in [-0.1, -0.05) is 30.3 Å². The fraction of sp³-hybridized carbons (Fsp3) is 0.385. The number of aliphatic hydroxyl groups excluding tert-OH is 2. The molecule has 5 atom stereocenters. The highest BCUT2D eigenvalue weighted by Gasteiger charge is 2.37. The molecule has 0 spiro atoms. The number of nitriles is 1. The van der Waals surface area contributed by atoms with Gasteiger partial charge in [0.2, 0.25) is 11.8 Å². The number of fused-ring (bicyclic) bond motifs is 1. The fourth-order valence-corrected chi connectivity index (χ4v) is 7.03. The van der Waals surface area contributed by atoms with Crippen LogP contribution in [0.15, 0.2) is 91.5 Å². The summed E-state index contributed by atoms with van der Waals surface area (Å²) in [4.78, 5) is 35.0. The molecule has 54 heavy (non-hydrogen) atoms. The van der Waals surface area contributed by atoms with Crippen LogP contribution in [0.4, 0.5) is 13.2 Å². The number of carbonyl (C=O) groups excluding carboxylic acids is 2. The van der Waals surface area contributed by atoms with Crippen molar-refractivity contribution in [3.8, 4) is 17.5 Å². The molecule has 2 aliphatic heterocycles. The van der Waals surface area contributed by atoms with Gasteiger partial charge >= 0.3 is 6.18 Å². The predicted octanol–water partition coefficient (Wildman–Crippen LogP) is 3.13. The third kappa shape index (κ3) is 10.0. The van der Waals surface area contributed by atoms with Crippen LogP contribution >= 0.6 is 0 Å². The maximum atomic E-state index is 13.9. The Morgan fingerprint density at radius 3 is 2.69 bits per heavy atom. The largest absolute Gasteiger partial charge is 0.490 e. The SMILES string of the molecule is N#Cc1cccc(-n2ccc(CN3CCN(C[C@@H](O)C[C@@H](Cc4cccnc4)C(=O)N[C@H]4c5ccccc5OCC4O)[C@H](C(=O)NCC(F)(F)F)C3)c2)c1. The monoisotopic (exact) mass is 745 g/mol. The van der Waals surface area contributed by atoms with E-state index in [0.717, 1.165) is 16.8 Å². The van der Waals surface area contributed by atoms with E-state index in [1.165, 1.54) is 0 Å². The van der Waals surface area contributed by atoms with Crippen molar-refractivity contribution in [3.63, 3.8) is 0 Å². The van der Waals surface area contributed by atoms with Crippen molar-refractivity contribution in [3.05, 3.63) is 114 Å². The molecule has 4 aromatic rings. The van der Waals surface area contributed by atoms with Gasteiger partial charge in [-0.2, -0.15) is 18.4 Å². The molecule has 0 bridgehead atoms. The first-order chi connectivity index (χ1) is 26.0. The summed E-state index contributed by atoms with van der Waals surface area (Å²) in [7, 11) is 0. The minimum atomic E-state index is -4.61. The Labute approximate surface area is 310 Å². The van der Waals surface area contributed by atoms with Crippen molar-refractivity contribution >= 4 is 11.8 Å². The lowest BCUT2D eigenvalue weighted by Gasteiger charge is -2.41. The number of β-amino-alcohol motifs (C(OH)–C–C–N with tert-alkyl or cyclic N) is 1. The lowest BCUT2D eigenvalue weighted by molar-refractivity contribution is -0.143. The molecule has 2 aromatic carbocycles. The molecule has 4 heterocycles. The number of ether oxygens (including phenoxy) is 1. The maximum Gasteiger partial charge on any atom is 0.405 e. The van der Waals surface area contributed by atoms with Crippen molar-refractivity contribution in [2.75, 3.05) is 39.3 Å². The molecule has 0 saturated carbocycles. The Bertz CT molecular complexity index is 1940. The molecule has 1 unspecified atom stereocenters. The average molecular weight is 746 g/mol. The summed E-state index contributed by atoms with van der Waals surface area (Å²) in [6.45, 7) is -0.308. The molecule has 2 aliphatic rings. The number of aliphatic hydroxyl groups is 2. The van der Waals surface area contributed by atoms with E-state index in [0.29, 0.717) is 30.0 Å². The van der Waals surface area contributed by atoms with Gasteiger partial charge < -0.3 is 30.2 Å². The molecule has 284 valence electrons. The molecular weight excluding hydrogens is 703 g/mol. The van der Waals surface area contributed by atoms with Crippen molar-refractivity contribution in [1.29, 1.82) is 5.26 Å². The number of alkyl halides is 3. The number of aromatic nitrogens is 2. The number of para-hydroxylation sites is 1. The van der Waals surface area contributed by atoms with Gasteiger partial charge in [0.15, 0.2) is 0 Å². The molecule has 6 rings (SSSR count). The zero-order chi connectivity index (χ0) is 38.2. The number of hydrogen-bond acceptors (Lipinski definition) is 9. The number of nitrogens with one attached hydrogen (secondary N) is 2. The molecule has 1 saturated heterocycles. The first-order valence-electron chi connectivity index (χ1n) is 17.7. The highest BCUT2D eigenvalue weighted by molar-refractivity contribution is 5.82. The summed E-state index contributed by atoms with van der Waals surface area (Å²) in [5.41, 5.74) is 3.60. The standard InChI is InChI=1S/C39H42F3N7O5/c40-39(41,42)25-45-38(53)33-23-47(20-28-10-12-48(21-28)30-7-3-5-26(16-30)18-43)13-14-49(33)22-31(50)17-29(15-27-6-4-11-44-19-27)37(52)46-36-32-8-1-2-9-35(32)54-24-34(36)51/h1-12,16,19,21,29,31,33-34,36,50-51H,13-15,17,20,22-25H2,(H,45,53)(H,46,52)/t29-,31+,33+,34?,36+/m1/s1. The summed E-state index contributed by atoms with van der Waals surface area (Å²) < 4.78 is 47.0. The van der Waals surface area contributed by atoms with Gasteiger partial charge in [-0.05, 0) is 60.4 Å². The van der Waals surface area contributed by atoms with E-state index in [2.05, 4.69) is 16.4 Å². The second-order valence-corrected chi connectivity index (χ2v) is 13.7. The number of halogens is 3. The number of rotatable bonds is 13. The summed E-state index contributed by atoms with van der Waals surface area (Å²) in [5.74, 6) is -1.45. The molecule has 1 fully saturated rings. The summed E-state index contributed by atoms with van der Waals surface area (Å²) in [5, 5.41) is 36.5. The number of benzene rings is 2. The van der Waals surface area contributed by atoms with E-state index in [1.54, 1.807) is 65.8 Å². The number of hydrogen-bond donors (Lipinski definition) is 4. The number of amides is 2. The van der Waals surface area contributed by atoms with Crippen LogP contribution in [0.25, 0.3) is 5.69 Å². The Morgan fingerprint density at radius 2 is 1.91 bits per heavy atom. The van der Waals surface area contributed by atoms with Crippen LogP contribution in [0.5, 0.6) is 5.75 Å². The number of nitrogens with zero attached hydrogens (tertiary/aromatic N) is 5. The van der Waals surface area contributed by atoms with Gasteiger partial charge in [-0.3, -0.25) is 24.4 Å². The van der Waals surface area contributed by atoms with E-state index in [1.807, 2.05) is 45.4 Å². The van der Waals surface area contributed by atoms with Gasteiger partial charge in [-0.15, -0.1) is 0 Å². The Balaban J connectivity index is 1.15. The van der Waals surface area contributed by atoms with Gasteiger partial charge in [-0.25, -0.2) is 0 Å². The van der Waals surface area contributed by atoms with Crippen LogP contribution in [-0.4, -0.2) is 105 Å². The van der Waals surface area contributed by atoms with E-state index in [9.17, 15) is 38.2 Å². The first kappa shape index (κ1) is 38.5. The van der Waals surface area contributed by atoms with Crippen molar-refractivity contribution in [2.45, 2.75) is 49.9 Å². The summed E-state index contributed by atoms with van der Waals surface area (Å²) in [6.07, 6.45) is 0.439. The van der Waals surface area contributed by atoms with Crippen LogP contribution < -0.4 is 15.4 Å². The maximum absolute atomic E-state index is 13.9. The van der Waals surface area contributed by atoms with Gasteiger partial charge in [0.05, 0.1) is 23.8 Å². The summed E-state index contributed by atoms with van der Waals surface area (Å²) >= 11 is 0. The summed E-state index contributed by atoms with van der Waals surface area (Å²) in [6, 6.07) is 20.0. The van der Waals surface area contributed by atoms with Gasteiger partial charge in [0.1, 0.15) is 31.0 Å². The van der Waals surface area contributed by atoms with Crippen molar-refractivity contribution < 1.29 is 37.7 Å². The minimum Gasteiger partial charge on any atom is -0.490 e. The second kappa shape index (κ2) is 17.3. The quantitative estimate of drug-likeness (QED) is 0.162. The highest BCUT2D eigenvalue weighted by Crippen LogP contribution is 2.32. The molecule has 2 amide bonds. The van der Waals surface area contributed by atoms with Gasteiger partial charge in [0.25, 0.3) is 0 Å². The Hall–Kier alpha value is -5.27. The molecule has 15 heteroatoms. The van der Waals surface area contributed by atoms with Crippen molar-refractivity contribution in [1.82, 2.24) is 30.0 Å². The van der Waals surface area contributed by atoms with Crippen LogP contribution in [0.2, 0.25) is 0 Å². The molecule has 0 radical (unpaired) electrons. The van der Waals surface area contributed by atoms with Gasteiger partial charge in [0, 0.05) is 74.7 Å². The lowest BCUT2D eigenvalue weighted by Crippen LogP contribution is -2.60. The Morgan fingerprint density at radius 1 is 1.07 bits per heavy atom. The van der Waals surface area contributed by atoms with E-state index < -0.39 is 54.7 Å². The van der Waals surface area contributed by atoms with Crippen LogP contribution in [0.3, 0.4) is 0 Å². The fourth-order valence-electron chi connectivity index (χ4n) is 7.03. The smallest absolute Gasteiger partial charge is 0.405 e. The third-order valence-corrected chi connectivity index (χ3v) is 9.70. The normalized spacial score (nSPS) is 20.2. The molecule has 0 aliphatic carbocycles. The third-order valence-electron chi connectivity index (χ3n) is 9.70. The number of piperazine rings is 1. The highest BCUT2D eigenvalue weighted by atomic mass is 19.4. The first-order valence-corrected chi connectivity index (χ1v) is 17.7. The molecular formula is C39H42F3N7O5. The number of pyridine rings is 1. The van der Waals surface area contributed by atoms with E-state index in [4.69, 9.17) is 4.74 Å². The molecule has 4 N–H and O–H groups in total. The zero-order valence-electron chi connectivity index (χ0n) is 29.4. The minimum absolute atomic E-state index is 0.0103. The number of carbonyl (C=O) groups is 2. The topological polar surface area (TPSA) is 156 Å². The van der Waals surface area contributed by atoms with E-state index >= 15 is 0 Å². The lowest BCUT2D eigenvalue weighted by atomic mass is 9.91. The van der Waals surface area contributed by atoms with E-state index in [-0.39, 0.29) is 39.1 Å². The predicted molar refractivity (Wildman–Crippen MR) is 191 cm³/mol. The Kier molecular flexibility index (Phi) is 12.3. The average Bonchev–Trinajstić information content (AvgIpc) is 3.64. The second-order valence-electron chi connectivity index (χ2n) is 13.7. The van der Waals surface area contributed by atoms with Crippen LogP contribution in [-0.2, 0) is 22.6 Å². The van der Waals surface area contributed by atoms with Crippen LogP contribution in [0.1, 0.15) is 34.7 Å².